The fourth-order valence-electron chi connectivity index (χ4n) is 1.44. The SMILES string of the molecule is C=CCOC(=O)Nc1cc(C(=O)O)c(OC)cc1OC. The first-order chi connectivity index (χ1) is 9.53. The third-order valence-corrected chi connectivity index (χ3v) is 2.32. The molecule has 2 N–H and O–H groups in total. The number of carbonyl (C=O) groups is 2. The molecule has 7 heteroatoms. The number of amides is 1. The van der Waals surface area contributed by atoms with Crippen LogP contribution in [0.25, 0.3) is 0 Å². The minimum Gasteiger partial charge on any atom is -0.496 e. The second kappa shape index (κ2) is 7.03. The molecule has 1 rings (SSSR count). The number of anilines is 1. The van der Waals surface area contributed by atoms with Gasteiger partial charge in [-0.25, -0.2) is 9.59 Å². The Morgan fingerprint density at radius 1 is 1.30 bits per heavy atom. The van der Waals surface area contributed by atoms with Crippen LogP contribution in [0.1, 0.15) is 10.4 Å². The van der Waals surface area contributed by atoms with Gasteiger partial charge in [0.25, 0.3) is 0 Å². The number of hydrogen-bond acceptors (Lipinski definition) is 5. The third kappa shape index (κ3) is 3.64. The maximum atomic E-state index is 11.5. The molecule has 0 aliphatic carbocycles. The maximum Gasteiger partial charge on any atom is 0.412 e. The highest BCUT2D eigenvalue weighted by molar-refractivity contribution is 5.95. The summed E-state index contributed by atoms with van der Waals surface area (Å²) in [5, 5.41) is 11.5. The highest BCUT2D eigenvalue weighted by atomic mass is 16.5. The third-order valence-electron chi connectivity index (χ3n) is 2.32. The molecule has 7 nitrogen and oxygen atoms in total. The highest BCUT2D eigenvalue weighted by Crippen LogP contribution is 2.33. The molecular formula is C13H15NO6. The summed E-state index contributed by atoms with van der Waals surface area (Å²) in [5.74, 6) is -0.811. The Morgan fingerprint density at radius 2 is 1.95 bits per heavy atom. The summed E-state index contributed by atoms with van der Waals surface area (Å²) >= 11 is 0. The van der Waals surface area contributed by atoms with Gasteiger partial charge < -0.3 is 19.3 Å². The number of carboxylic acids is 1. The van der Waals surface area contributed by atoms with E-state index in [4.69, 9.17) is 19.3 Å². The molecular weight excluding hydrogens is 266 g/mol. The van der Waals surface area contributed by atoms with Crippen LogP contribution in [0.3, 0.4) is 0 Å². The van der Waals surface area contributed by atoms with Gasteiger partial charge in [0.15, 0.2) is 0 Å². The second-order valence-electron chi connectivity index (χ2n) is 3.57. The minimum absolute atomic E-state index is 0.0378. The van der Waals surface area contributed by atoms with Gasteiger partial charge in [-0.15, -0.1) is 0 Å². The van der Waals surface area contributed by atoms with Crippen molar-refractivity contribution in [2.24, 2.45) is 0 Å². The number of aromatic carboxylic acids is 1. The Balaban J connectivity index is 3.10. The fourth-order valence-corrected chi connectivity index (χ4v) is 1.44. The van der Waals surface area contributed by atoms with Crippen molar-refractivity contribution < 1.29 is 28.9 Å². The number of nitrogens with one attached hydrogen (secondary N) is 1. The average Bonchev–Trinajstić information content (AvgIpc) is 2.44. The van der Waals surface area contributed by atoms with E-state index in [0.29, 0.717) is 0 Å². The van der Waals surface area contributed by atoms with Crippen LogP contribution < -0.4 is 14.8 Å². The lowest BCUT2D eigenvalue weighted by Crippen LogP contribution is -2.15. The summed E-state index contributed by atoms with van der Waals surface area (Å²) in [6, 6.07) is 2.60. The van der Waals surface area contributed by atoms with Crippen LogP contribution >= 0.6 is 0 Å². The van der Waals surface area contributed by atoms with Gasteiger partial charge in [0.2, 0.25) is 0 Å². The van der Waals surface area contributed by atoms with Crippen LogP contribution in [0.2, 0.25) is 0 Å². The van der Waals surface area contributed by atoms with E-state index in [1.807, 2.05) is 0 Å². The fraction of sp³-hybridized carbons (Fsp3) is 0.231. The first-order valence-electron chi connectivity index (χ1n) is 5.57. The van der Waals surface area contributed by atoms with Crippen molar-refractivity contribution in [1.29, 1.82) is 0 Å². The zero-order valence-electron chi connectivity index (χ0n) is 11.1. The van der Waals surface area contributed by atoms with Gasteiger partial charge in [-0.1, -0.05) is 12.7 Å². The zero-order valence-corrected chi connectivity index (χ0v) is 11.1. The van der Waals surface area contributed by atoms with Crippen LogP contribution in [-0.2, 0) is 4.74 Å². The Kier molecular flexibility index (Phi) is 5.40. The predicted molar refractivity (Wildman–Crippen MR) is 71.7 cm³/mol. The number of carboxylic acid groups (broad SMARTS) is 1. The lowest BCUT2D eigenvalue weighted by molar-refractivity contribution is 0.0693. The number of benzene rings is 1. The number of methoxy groups -OCH3 is 2. The molecule has 0 heterocycles. The highest BCUT2D eigenvalue weighted by Gasteiger charge is 2.17. The van der Waals surface area contributed by atoms with Gasteiger partial charge in [-0.05, 0) is 6.07 Å². The van der Waals surface area contributed by atoms with E-state index in [2.05, 4.69) is 11.9 Å². The number of ether oxygens (including phenoxy) is 3. The van der Waals surface area contributed by atoms with E-state index >= 15 is 0 Å². The lowest BCUT2D eigenvalue weighted by atomic mass is 10.1. The smallest absolute Gasteiger partial charge is 0.412 e. The van der Waals surface area contributed by atoms with E-state index < -0.39 is 12.1 Å². The molecule has 0 aliphatic rings. The molecule has 108 valence electrons. The number of carbonyl (C=O) groups excluding carboxylic acids is 1. The zero-order chi connectivity index (χ0) is 15.1. The van der Waals surface area contributed by atoms with Crippen molar-refractivity contribution in [3.8, 4) is 11.5 Å². The molecule has 1 aromatic rings. The molecule has 0 unspecified atom stereocenters. The van der Waals surface area contributed by atoms with Crippen molar-refractivity contribution >= 4 is 17.7 Å². The molecule has 0 spiro atoms. The van der Waals surface area contributed by atoms with Crippen molar-refractivity contribution in [2.45, 2.75) is 0 Å². The summed E-state index contributed by atoms with van der Waals surface area (Å²) in [4.78, 5) is 22.6. The summed E-state index contributed by atoms with van der Waals surface area (Å²) < 4.78 is 14.8. The normalized spacial score (nSPS) is 9.50. The van der Waals surface area contributed by atoms with Gasteiger partial charge in [-0.2, -0.15) is 0 Å². The van der Waals surface area contributed by atoms with E-state index in [9.17, 15) is 9.59 Å². The number of rotatable bonds is 6. The summed E-state index contributed by atoms with van der Waals surface area (Å²) in [5.41, 5.74) is 0.0621. The molecule has 0 saturated carbocycles. The molecule has 0 aliphatic heterocycles. The molecule has 1 aromatic carbocycles. The average molecular weight is 281 g/mol. The minimum atomic E-state index is -1.19. The van der Waals surface area contributed by atoms with E-state index in [1.54, 1.807) is 0 Å². The Bertz CT molecular complexity index is 526. The lowest BCUT2D eigenvalue weighted by Gasteiger charge is -2.13. The first-order valence-corrected chi connectivity index (χ1v) is 5.57. The Labute approximate surface area is 115 Å². The molecule has 20 heavy (non-hydrogen) atoms. The quantitative estimate of drug-likeness (QED) is 0.776. The predicted octanol–water partition coefficient (Wildman–Crippen LogP) is 2.14. The van der Waals surface area contributed by atoms with Crippen LogP contribution in [-0.4, -0.2) is 38.0 Å². The Morgan fingerprint density at radius 3 is 2.45 bits per heavy atom. The van der Waals surface area contributed by atoms with Gasteiger partial charge in [0, 0.05) is 6.07 Å². The van der Waals surface area contributed by atoms with Crippen LogP contribution in [0.4, 0.5) is 10.5 Å². The van der Waals surface area contributed by atoms with Gasteiger partial charge in [0.1, 0.15) is 23.7 Å². The van der Waals surface area contributed by atoms with Gasteiger partial charge >= 0.3 is 12.1 Å². The molecule has 0 bridgehead atoms. The van der Waals surface area contributed by atoms with Crippen molar-refractivity contribution in [1.82, 2.24) is 0 Å². The van der Waals surface area contributed by atoms with Crippen LogP contribution in [0.5, 0.6) is 11.5 Å². The van der Waals surface area contributed by atoms with E-state index in [0.717, 1.165) is 0 Å². The monoisotopic (exact) mass is 281 g/mol. The molecule has 0 fully saturated rings. The molecule has 0 atom stereocenters. The summed E-state index contributed by atoms with van der Waals surface area (Å²) in [6.45, 7) is 3.45. The second-order valence-corrected chi connectivity index (χ2v) is 3.57. The largest absolute Gasteiger partial charge is 0.496 e. The Hall–Kier alpha value is -2.70. The summed E-state index contributed by atoms with van der Waals surface area (Å²) in [7, 11) is 2.72. The van der Waals surface area contributed by atoms with Crippen LogP contribution in [0.15, 0.2) is 24.8 Å². The van der Waals surface area contributed by atoms with E-state index in [-0.39, 0.29) is 29.4 Å². The molecule has 0 aromatic heterocycles. The molecule has 1 amide bonds. The van der Waals surface area contributed by atoms with Crippen molar-refractivity contribution in [2.75, 3.05) is 26.1 Å². The molecule has 0 saturated heterocycles. The molecule has 0 radical (unpaired) electrons. The number of hydrogen-bond donors (Lipinski definition) is 2. The van der Waals surface area contributed by atoms with E-state index in [1.165, 1.54) is 32.4 Å². The topological polar surface area (TPSA) is 94.1 Å². The van der Waals surface area contributed by atoms with Crippen molar-refractivity contribution in [3.05, 3.63) is 30.4 Å². The van der Waals surface area contributed by atoms with Gasteiger partial charge in [-0.3, -0.25) is 5.32 Å². The van der Waals surface area contributed by atoms with Crippen molar-refractivity contribution in [3.63, 3.8) is 0 Å². The van der Waals surface area contributed by atoms with Crippen LogP contribution in [0, 0.1) is 0 Å². The van der Waals surface area contributed by atoms with Gasteiger partial charge in [0.05, 0.1) is 19.9 Å². The summed E-state index contributed by atoms with van der Waals surface area (Å²) in [6.07, 6.45) is 0.665. The maximum absolute atomic E-state index is 11.5. The first kappa shape index (κ1) is 15.4. The standard InChI is InChI=1S/C13H15NO6/c1-4-5-20-13(17)14-9-6-8(12(15)16)10(18-2)7-11(9)19-3/h4,6-7H,1,5H2,2-3H3,(H,14,17)(H,15,16).